The molecule has 1 aromatic rings. The van der Waals surface area contributed by atoms with Crippen molar-refractivity contribution in [3.63, 3.8) is 0 Å². The van der Waals surface area contributed by atoms with Gasteiger partial charge in [0.2, 0.25) is 0 Å². The Kier molecular flexibility index (Phi) is 5.76. The van der Waals surface area contributed by atoms with E-state index in [9.17, 15) is 0 Å². The van der Waals surface area contributed by atoms with E-state index in [1.807, 2.05) is 19.9 Å². The maximum Gasteiger partial charge on any atom is 0.158 e. The first-order chi connectivity index (χ1) is 10.1. The van der Waals surface area contributed by atoms with E-state index < -0.39 is 0 Å². The van der Waals surface area contributed by atoms with E-state index in [1.165, 1.54) is 0 Å². The van der Waals surface area contributed by atoms with Gasteiger partial charge >= 0.3 is 0 Å². The Labute approximate surface area is 126 Å². The van der Waals surface area contributed by atoms with Gasteiger partial charge in [-0.25, -0.2) is 9.97 Å². The Balaban J connectivity index is 2.14. The molecule has 1 aliphatic heterocycles. The molecule has 6 nitrogen and oxygen atoms in total. The third kappa shape index (κ3) is 4.82. The highest BCUT2D eigenvalue weighted by molar-refractivity contribution is 5.49. The van der Waals surface area contributed by atoms with Gasteiger partial charge in [0.05, 0.1) is 12.1 Å². The summed E-state index contributed by atoms with van der Waals surface area (Å²) in [7, 11) is 0. The van der Waals surface area contributed by atoms with E-state index in [0.717, 1.165) is 37.6 Å². The van der Waals surface area contributed by atoms with Crippen LogP contribution in [0, 0.1) is 0 Å². The van der Waals surface area contributed by atoms with Crippen LogP contribution in [0.2, 0.25) is 0 Å². The molecule has 1 aliphatic rings. The largest absolute Gasteiger partial charge is 0.379 e. The molecule has 118 valence electrons. The van der Waals surface area contributed by atoms with Crippen LogP contribution in [0.25, 0.3) is 0 Å². The number of hydrogen-bond acceptors (Lipinski definition) is 6. The van der Waals surface area contributed by atoms with Gasteiger partial charge in [0.15, 0.2) is 5.82 Å². The van der Waals surface area contributed by atoms with Gasteiger partial charge in [-0.1, -0.05) is 0 Å². The van der Waals surface area contributed by atoms with Crippen molar-refractivity contribution in [2.75, 3.05) is 37.0 Å². The third-order valence-corrected chi connectivity index (χ3v) is 3.43. The summed E-state index contributed by atoms with van der Waals surface area (Å²) >= 11 is 0. The van der Waals surface area contributed by atoms with Gasteiger partial charge in [-0.2, -0.15) is 0 Å². The van der Waals surface area contributed by atoms with Crippen molar-refractivity contribution in [2.45, 2.75) is 45.8 Å². The molecule has 1 fully saturated rings. The van der Waals surface area contributed by atoms with Gasteiger partial charge in [-0.05, 0) is 33.6 Å². The average molecular weight is 294 g/mol. The number of aromatic nitrogens is 2. The molecule has 1 aromatic heterocycles. The monoisotopic (exact) mass is 294 g/mol. The smallest absolute Gasteiger partial charge is 0.158 e. The van der Waals surface area contributed by atoms with Gasteiger partial charge in [0.25, 0.3) is 0 Å². The summed E-state index contributed by atoms with van der Waals surface area (Å²) in [6, 6.07) is 1.94. The fraction of sp³-hybridized carbons (Fsp3) is 0.733. The summed E-state index contributed by atoms with van der Waals surface area (Å²) in [6.07, 6.45) is 2.15. The van der Waals surface area contributed by atoms with Crippen molar-refractivity contribution in [1.82, 2.24) is 9.97 Å². The zero-order valence-corrected chi connectivity index (χ0v) is 13.2. The Morgan fingerprint density at radius 2 is 2.14 bits per heavy atom. The zero-order valence-electron chi connectivity index (χ0n) is 13.2. The van der Waals surface area contributed by atoms with Crippen LogP contribution >= 0.6 is 0 Å². The second kappa shape index (κ2) is 7.56. The predicted molar refractivity (Wildman–Crippen MR) is 83.6 cm³/mol. The van der Waals surface area contributed by atoms with Crippen LogP contribution in [0.15, 0.2) is 6.07 Å². The lowest BCUT2D eigenvalue weighted by atomic mass is 9.95. The molecule has 2 N–H and O–H groups in total. The predicted octanol–water partition coefficient (Wildman–Crippen LogP) is 2.43. The molecule has 0 amide bonds. The summed E-state index contributed by atoms with van der Waals surface area (Å²) in [4.78, 5) is 9.01. The van der Waals surface area contributed by atoms with E-state index >= 15 is 0 Å². The van der Waals surface area contributed by atoms with Crippen molar-refractivity contribution in [2.24, 2.45) is 0 Å². The topological polar surface area (TPSA) is 68.3 Å². The highest BCUT2D eigenvalue weighted by Gasteiger charge is 2.28. The lowest BCUT2D eigenvalue weighted by molar-refractivity contribution is 0.0538. The molecule has 0 spiro atoms. The Hall–Kier alpha value is -1.40. The molecule has 0 saturated carbocycles. The van der Waals surface area contributed by atoms with Gasteiger partial charge in [0.1, 0.15) is 18.2 Å². The summed E-state index contributed by atoms with van der Waals surface area (Å²) in [5.74, 6) is 2.34. The van der Waals surface area contributed by atoms with Crippen LogP contribution in [0.3, 0.4) is 0 Å². The van der Waals surface area contributed by atoms with Crippen LogP contribution in [0.5, 0.6) is 0 Å². The number of nitrogens with zero attached hydrogens (tertiary/aromatic N) is 2. The Morgan fingerprint density at radius 1 is 1.33 bits per heavy atom. The molecule has 6 heteroatoms. The first-order valence-corrected chi connectivity index (χ1v) is 7.70. The molecule has 1 atom stereocenters. The van der Waals surface area contributed by atoms with Crippen molar-refractivity contribution >= 4 is 11.6 Å². The quantitative estimate of drug-likeness (QED) is 0.805. The number of hydrogen-bond donors (Lipinski definition) is 2. The van der Waals surface area contributed by atoms with Crippen molar-refractivity contribution in [3.8, 4) is 0 Å². The summed E-state index contributed by atoms with van der Waals surface area (Å²) in [5, 5.41) is 6.74. The van der Waals surface area contributed by atoms with Crippen molar-refractivity contribution < 1.29 is 9.47 Å². The van der Waals surface area contributed by atoms with Gasteiger partial charge in [-0.3, -0.25) is 0 Å². The van der Waals surface area contributed by atoms with Gasteiger partial charge in [-0.15, -0.1) is 0 Å². The molecule has 0 aliphatic carbocycles. The van der Waals surface area contributed by atoms with E-state index in [1.54, 1.807) is 0 Å². The minimum absolute atomic E-state index is 0.0705. The number of anilines is 2. The molecular formula is C15H26N4O2. The highest BCUT2D eigenvalue weighted by Crippen LogP contribution is 2.24. The standard InChI is InChI=1S/C15H26N4O2/c1-4-16-12-9-13(18-14(17-12)10-20-5-2)19-15(3)7-6-8-21-11-15/h9H,4-8,10-11H2,1-3H3,(H2,16,17,18,19). The molecule has 1 saturated heterocycles. The van der Waals surface area contributed by atoms with E-state index in [-0.39, 0.29) is 5.54 Å². The number of nitrogens with one attached hydrogen (secondary N) is 2. The maximum atomic E-state index is 5.58. The minimum atomic E-state index is -0.0705. The lowest BCUT2D eigenvalue weighted by Crippen LogP contribution is -2.43. The third-order valence-electron chi connectivity index (χ3n) is 3.43. The number of rotatable bonds is 7. The van der Waals surface area contributed by atoms with E-state index in [4.69, 9.17) is 9.47 Å². The fourth-order valence-corrected chi connectivity index (χ4v) is 2.43. The van der Waals surface area contributed by atoms with Crippen molar-refractivity contribution in [1.29, 1.82) is 0 Å². The van der Waals surface area contributed by atoms with E-state index in [0.29, 0.717) is 25.6 Å². The van der Waals surface area contributed by atoms with Crippen molar-refractivity contribution in [3.05, 3.63) is 11.9 Å². The van der Waals surface area contributed by atoms with Gasteiger partial charge < -0.3 is 20.1 Å². The Morgan fingerprint density at radius 3 is 2.81 bits per heavy atom. The van der Waals surface area contributed by atoms with Crippen LogP contribution in [-0.2, 0) is 16.1 Å². The summed E-state index contributed by atoms with van der Waals surface area (Å²) in [5.41, 5.74) is -0.0705. The first kappa shape index (κ1) is 16.0. The lowest BCUT2D eigenvalue weighted by Gasteiger charge is -2.34. The maximum absolute atomic E-state index is 5.58. The SMILES string of the molecule is CCNc1cc(NC2(C)CCCOC2)nc(COCC)n1. The second-order valence-corrected chi connectivity index (χ2v) is 5.56. The normalized spacial score (nSPS) is 22.0. The highest BCUT2D eigenvalue weighted by atomic mass is 16.5. The van der Waals surface area contributed by atoms with Gasteiger partial charge in [0, 0.05) is 25.8 Å². The second-order valence-electron chi connectivity index (χ2n) is 5.56. The average Bonchev–Trinajstić information content (AvgIpc) is 2.45. The molecule has 1 unspecified atom stereocenters. The molecule has 0 radical (unpaired) electrons. The molecule has 2 rings (SSSR count). The molecule has 0 bridgehead atoms. The van der Waals surface area contributed by atoms with Crippen LogP contribution < -0.4 is 10.6 Å². The first-order valence-electron chi connectivity index (χ1n) is 7.70. The molecule has 21 heavy (non-hydrogen) atoms. The zero-order chi connectivity index (χ0) is 15.1. The molecular weight excluding hydrogens is 268 g/mol. The molecule has 2 heterocycles. The van der Waals surface area contributed by atoms with Crippen LogP contribution in [0.1, 0.15) is 39.4 Å². The number of ether oxygens (including phenoxy) is 2. The Bertz CT molecular complexity index is 447. The molecule has 0 aromatic carbocycles. The van der Waals surface area contributed by atoms with E-state index in [2.05, 4.69) is 27.5 Å². The van der Waals surface area contributed by atoms with Crippen LogP contribution in [-0.4, -0.2) is 41.9 Å². The van der Waals surface area contributed by atoms with Crippen LogP contribution in [0.4, 0.5) is 11.6 Å². The fourth-order valence-electron chi connectivity index (χ4n) is 2.43. The minimum Gasteiger partial charge on any atom is -0.379 e. The summed E-state index contributed by atoms with van der Waals surface area (Å²) in [6.45, 7) is 9.64. The summed E-state index contributed by atoms with van der Waals surface area (Å²) < 4.78 is 11.0.